The van der Waals surface area contributed by atoms with Crippen molar-refractivity contribution in [1.82, 2.24) is 4.90 Å². The molecular formula is C13H22ClN. The fourth-order valence-electron chi connectivity index (χ4n) is 3.52. The number of fused-ring (bicyclic) bond motifs is 1. The highest BCUT2D eigenvalue weighted by molar-refractivity contribution is 6.18. The Morgan fingerprint density at radius 3 is 2.87 bits per heavy atom. The number of hydrogen-bond donors (Lipinski definition) is 0. The molecule has 0 aromatic heterocycles. The van der Waals surface area contributed by atoms with Crippen LogP contribution in [-0.2, 0) is 0 Å². The van der Waals surface area contributed by atoms with Gasteiger partial charge in [0.15, 0.2) is 0 Å². The Balaban J connectivity index is 1.99. The van der Waals surface area contributed by atoms with Crippen LogP contribution in [0.4, 0.5) is 0 Å². The van der Waals surface area contributed by atoms with Crippen LogP contribution in [0.2, 0.25) is 0 Å². The van der Waals surface area contributed by atoms with E-state index in [2.05, 4.69) is 30.9 Å². The van der Waals surface area contributed by atoms with Crippen LogP contribution in [0.25, 0.3) is 0 Å². The Morgan fingerprint density at radius 2 is 2.13 bits per heavy atom. The maximum Gasteiger partial charge on any atom is 0.0404 e. The molecule has 1 aliphatic carbocycles. The van der Waals surface area contributed by atoms with E-state index >= 15 is 0 Å². The summed E-state index contributed by atoms with van der Waals surface area (Å²) in [5.41, 5.74) is 0.524. The summed E-state index contributed by atoms with van der Waals surface area (Å²) in [6.07, 6.45) is 8.56. The fraction of sp³-hybridized carbons (Fsp3) is 0.846. The van der Waals surface area contributed by atoms with E-state index in [1.807, 2.05) is 0 Å². The third kappa shape index (κ3) is 2.24. The third-order valence-electron chi connectivity index (χ3n) is 4.16. The summed E-state index contributed by atoms with van der Waals surface area (Å²) in [4.78, 5) is 2.65. The van der Waals surface area contributed by atoms with Gasteiger partial charge in [-0.15, -0.1) is 11.6 Å². The number of hydrogen-bond acceptors (Lipinski definition) is 1. The minimum Gasteiger partial charge on any atom is -0.296 e. The standard InChI is InChI=1S/C13H22ClN/c1-13(2)10-15(9-4-3-8-14)12-7-5-6-11(12)13/h3-4,11-12H,5-10H2,1-2H3/b4-3+. The van der Waals surface area contributed by atoms with Gasteiger partial charge in [-0.1, -0.05) is 32.4 Å². The van der Waals surface area contributed by atoms with Crippen molar-refractivity contribution in [1.29, 1.82) is 0 Å². The summed E-state index contributed by atoms with van der Waals surface area (Å²) in [5.74, 6) is 1.58. The monoisotopic (exact) mass is 227 g/mol. The third-order valence-corrected chi connectivity index (χ3v) is 4.34. The second kappa shape index (κ2) is 4.47. The van der Waals surface area contributed by atoms with E-state index in [1.54, 1.807) is 0 Å². The number of rotatable bonds is 3. The van der Waals surface area contributed by atoms with Crippen LogP contribution < -0.4 is 0 Å². The summed E-state index contributed by atoms with van der Waals surface area (Å²) in [6, 6.07) is 0.847. The Hall–Kier alpha value is -0.0100. The first-order valence-electron chi connectivity index (χ1n) is 6.10. The minimum atomic E-state index is 0.524. The molecule has 15 heavy (non-hydrogen) atoms. The molecule has 0 radical (unpaired) electrons. The van der Waals surface area contributed by atoms with Crippen molar-refractivity contribution in [2.45, 2.75) is 39.2 Å². The van der Waals surface area contributed by atoms with Gasteiger partial charge in [0.05, 0.1) is 0 Å². The van der Waals surface area contributed by atoms with Gasteiger partial charge < -0.3 is 0 Å². The molecule has 1 aliphatic heterocycles. The summed E-state index contributed by atoms with van der Waals surface area (Å²) >= 11 is 5.65. The molecule has 0 bridgehead atoms. The van der Waals surface area contributed by atoms with Gasteiger partial charge >= 0.3 is 0 Å². The smallest absolute Gasteiger partial charge is 0.0404 e. The molecule has 0 amide bonds. The zero-order valence-corrected chi connectivity index (χ0v) is 10.6. The number of likely N-dealkylation sites (tertiary alicyclic amines) is 1. The van der Waals surface area contributed by atoms with Gasteiger partial charge in [0.1, 0.15) is 0 Å². The number of halogens is 1. The predicted molar refractivity (Wildman–Crippen MR) is 66.3 cm³/mol. The zero-order valence-electron chi connectivity index (χ0n) is 9.88. The molecule has 0 aromatic carbocycles. The Kier molecular flexibility index (Phi) is 3.42. The van der Waals surface area contributed by atoms with Crippen molar-refractivity contribution < 1.29 is 0 Å². The van der Waals surface area contributed by atoms with Crippen LogP contribution in [0.15, 0.2) is 12.2 Å². The van der Waals surface area contributed by atoms with Crippen molar-refractivity contribution in [3.63, 3.8) is 0 Å². The van der Waals surface area contributed by atoms with Crippen LogP contribution in [0, 0.1) is 11.3 Å². The van der Waals surface area contributed by atoms with E-state index in [4.69, 9.17) is 11.6 Å². The highest BCUT2D eigenvalue weighted by Crippen LogP contribution is 2.48. The second-order valence-corrected chi connectivity index (χ2v) is 5.96. The van der Waals surface area contributed by atoms with Gasteiger partial charge in [-0.3, -0.25) is 4.90 Å². The molecule has 0 spiro atoms. The van der Waals surface area contributed by atoms with E-state index in [0.717, 1.165) is 18.5 Å². The van der Waals surface area contributed by atoms with Crippen molar-refractivity contribution in [2.75, 3.05) is 19.0 Å². The lowest BCUT2D eigenvalue weighted by Crippen LogP contribution is -2.30. The molecule has 0 aromatic rings. The molecule has 1 heterocycles. The summed E-state index contributed by atoms with van der Waals surface area (Å²) in [7, 11) is 0. The van der Waals surface area contributed by atoms with E-state index in [0.29, 0.717) is 11.3 Å². The normalized spacial score (nSPS) is 35.1. The molecule has 1 saturated carbocycles. The molecule has 1 nitrogen and oxygen atoms in total. The first-order valence-corrected chi connectivity index (χ1v) is 6.63. The molecule has 1 saturated heterocycles. The molecule has 2 unspecified atom stereocenters. The molecule has 2 atom stereocenters. The van der Waals surface area contributed by atoms with E-state index in [1.165, 1.54) is 25.8 Å². The van der Waals surface area contributed by atoms with Crippen LogP contribution in [0.1, 0.15) is 33.1 Å². The Bertz CT molecular complexity index is 247. The zero-order chi connectivity index (χ0) is 10.9. The lowest BCUT2D eigenvalue weighted by molar-refractivity contribution is 0.262. The van der Waals surface area contributed by atoms with E-state index in [9.17, 15) is 0 Å². The topological polar surface area (TPSA) is 3.24 Å². The Labute approximate surface area is 98.5 Å². The van der Waals surface area contributed by atoms with Crippen LogP contribution in [-0.4, -0.2) is 29.9 Å². The van der Waals surface area contributed by atoms with Crippen LogP contribution >= 0.6 is 11.6 Å². The molecule has 2 fully saturated rings. The van der Waals surface area contributed by atoms with Crippen molar-refractivity contribution >= 4 is 11.6 Å². The lowest BCUT2D eigenvalue weighted by Gasteiger charge is -2.24. The average Bonchev–Trinajstić information content (AvgIpc) is 2.71. The van der Waals surface area contributed by atoms with E-state index in [-0.39, 0.29) is 0 Å². The molecular weight excluding hydrogens is 206 g/mol. The first kappa shape index (κ1) is 11.5. The number of nitrogens with zero attached hydrogens (tertiary/aromatic N) is 1. The summed E-state index contributed by atoms with van der Waals surface area (Å²) < 4.78 is 0. The van der Waals surface area contributed by atoms with Crippen molar-refractivity contribution in [3.8, 4) is 0 Å². The van der Waals surface area contributed by atoms with E-state index < -0.39 is 0 Å². The quantitative estimate of drug-likeness (QED) is 0.528. The molecule has 2 aliphatic rings. The molecule has 2 heteroatoms. The average molecular weight is 228 g/mol. The van der Waals surface area contributed by atoms with Crippen molar-refractivity contribution in [2.24, 2.45) is 11.3 Å². The number of allylic oxidation sites excluding steroid dienone is 1. The first-order chi connectivity index (χ1) is 7.15. The van der Waals surface area contributed by atoms with Crippen LogP contribution in [0.5, 0.6) is 0 Å². The van der Waals surface area contributed by atoms with Crippen LogP contribution in [0.3, 0.4) is 0 Å². The minimum absolute atomic E-state index is 0.524. The van der Waals surface area contributed by atoms with Crippen molar-refractivity contribution in [3.05, 3.63) is 12.2 Å². The summed E-state index contributed by atoms with van der Waals surface area (Å²) in [5, 5.41) is 0. The highest BCUT2D eigenvalue weighted by Gasteiger charge is 2.48. The second-order valence-electron chi connectivity index (χ2n) is 5.65. The SMILES string of the molecule is CC1(C)CN(C/C=C/CCl)C2CCCC21. The van der Waals surface area contributed by atoms with Gasteiger partial charge in [0.2, 0.25) is 0 Å². The number of alkyl halides is 1. The van der Waals surface area contributed by atoms with Gasteiger partial charge in [-0.2, -0.15) is 0 Å². The maximum atomic E-state index is 5.65. The Morgan fingerprint density at radius 1 is 1.33 bits per heavy atom. The molecule has 2 rings (SSSR count). The van der Waals surface area contributed by atoms with Gasteiger partial charge in [-0.25, -0.2) is 0 Å². The van der Waals surface area contributed by atoms with Gasteiger partial charge in [0, 0.05) is 25.0 Å². The molecule has 86 valence electrons. The van der Waals surface area contributed by atoms with Gasteiger partial charge in [-0.05, 0) is 24.2 Å². The molecule has 0 N–H and O–H groups in total. The lowest BCUT2D eigenvalue weighted by atomic mass is 9.80. The predicted octanol–water partition coefficient (Wildman–Crippen LogP) is 3.29. The maximum absolute atomic E-state index is 5.65. The fourth-order valence-corrected chi connectivity index (χ4v) is 3.65. The highest BCUT2D eigenvalue weighted by atomic mass is 35.5. The summed E-state index contributed by atoms with van der Waals surface area (Å²) in [6.45, 7) is 7.22. The largest absolute Gasteiger partial charge is 0.296 e. The van der Waals surface area contributed by atoms with Gasteiger partial charge in [0.25, 0.3) is 0 Å².